The van der Waals surface area contributed by atoms with Crippen molar-refractivity contribution in [1.29, 1.82) is 0 Å². The summed E-state index contributed by atoms with van der Waals surface area (Å²) < 4.78 is 55.9. The predicted octanol–water partition coefficient (Wildman–Crippen LogP) is 4.59. The number of fused-ring (bicyclic) bond motifs is 3. The van der Waals surface area contributed by atoms with Gasteiger partial charge in [0.25, 0.3) is 5.91 Å². The molecule has 1 fully saturated rings. The molecule has 1 aromatic heterocycles. The summed E-state index contributed by atoms with van der Waals surface area (Å²) in [5.74, 6) is -1.47. The number of hydrogen-bond donors (Lipinski definition) is 2. The Balaban J connectivity index is 1.53. The van der Waals surface area contributed by atoms with Gasteiger partial charge in [0.15, 0.2) is 11.6 Å². The lowest BCUT2D eigenvalue weighted by atomic mass is 9.88. The quantitative estimate of drug-likeness (QED) is 0.630. The van der Waals surface area contributed by atoms with Crippen molar-refractivity contribution in [3.63, 3.8) is 0 Å². The number of carbonyl (C=O) groups is 1. The van der Waals surface area contributed by atoms with E-state index in [0.717, 1.165) is 12.0 Å². The van der Waals surface area contributed by atoms with E-state index in [1.165, 1.54) is 30.3 Å². The minimum Gasteiger partial charge on any atom is -0.406 e. The van der Waals surface area contributed by atoms with E-state index in [1.807, 2.05) is 4.90 Å². The molecule has 2 N–H and O–H groups in total. The summed E-state index contributed by atoms with van der Waals surface area (Å²) in [6.45, 7) is 6.12. The van der Waals surface area contributed by atoms with Crippen molar-refractivity contribution in [3.05, 3.63) is 47.4 Å². The molecule has 0 radical (unpaired) electrons. The number of ether oxygens (including phenoxy) is 1. The summed E-state index contributed by atoms with van der Waals surface area (Å²) in [6, 6.07) is 6.87. The minimum atomic E-state index is -4.76. The normalized spacial score (nSPS) is 20.5. The van der Waals surface area contributed by atoms with Crippen LogP contribution in [0.25, 0.3) is 0 Å². The van der Waals surface area contributed by atoms with E-state index in [1.54, 1.807) is 20.8 Å². The van der Waals surface area contributed by atoms with Crippen LogP contribution in [0, 0.1) is 17.2 Å². The fraction of sp³-hybridized carbons (Fsp3) is 0.478. The zero-order valence-electron chi connectivity index (χ0n) is 18.4. The number of halogens is 4. The molecule has 0 spiro atoms. The molecule has 6 nitrogen and oxygen atoms in total. The van der Waals surface area contributed by atoms with Crippen LogP contribution < -0.4 is 15.0 Å². The van der Waals surface area contributed by atoms with Gasteiger partial charge >= 0.3 is 6.36 Å². The predicted molar refractivity (Wildman–Crippen MR) is 113 cm³/mol. The first kappa shape index (κ1) is 23.3. The molecule has 2 heterocycles. The van der Waals surface area contributed by atoms with Crippen LogP contribution in [0.5, 0.6) is 5.75 Å². The average Bonchev–Trinajstić information content (AvgIpc) is 3.47. The molecule has 1 aliphatic carbocycles. The second-order valence-electron chi connectivity index (χ2n) is 9.66. The Labute approximate surface area is 188 Å². The topological polar surface area (TPSA) is 74.7 Å². The Kier molecular flexibility index (Phi) is 5.76. The Morgan fingerprint density at radius 2 is 1.94 bits per heavy atom. The molecule has 1 saturated carbocycles. The Hall–Kier alpha value is -2.88. The molecule has 10 heteroatoms. The van der Waals surface area contributed by atoms with Crippen LogP contribution in [0.2, 0.25) is 0 Å². The number of nitrogens with zero attached hydrogens (tertiary/aromatic N) is 2. The van der Waals surface area contributed by atoms with Crippen molar-refractivity contribution >= 4 is 17.4 Å². The van der Waals surface area contributed by atoms with Gasteiger partial charge in [-0.05, 0) is 35.4 Å². The minimum absolute atomic E-state index is 0.169. The van der Waals surface area contributed by atoms with Gasteiger partial charge in [-0.1, -0.05) is 32.9 Å². The summed E-state index contributed by atoms with van der Waals surface area (Å²) in [5.41, 5.74) is 1.29. The van der Waals surface area contributed by atoms with E-state index in [4.69, 9.17) is 0 Å². The highest BCUT2D eigenvalue weighted by Gasteiger charge is 2.47. The first-order valence-electron chi connectivity index (χ1n) is 10.6. The second-order valence-corrected chi connectivity index (χ2v) is 9.66. The van der Waals surface area contributed by atoms with Crippen molar-refractivity contribution in [3.8, 4) is 5.75 Å². The molecule has 1 aromatic carbocycles. The highest BCUT2D eigenvalue weighted by atomic mass is 19.4. The van der Waals surface area contributed by atoms with Crippen LogP contribution in [0.1, 0.15) is 44.4 Å². The van der Waals surface area contributed by atoms with Crippen LogP contribution in [-0.4, -0.2) is 35.0 Å². The fourth-order valence-electron chi connectivity index (χ4n) is 4.02. The number of pyridine rings is 1. The number of alkyl halides is 3. The van der Waals surface area contributed by atoms with E-state index >= 15 is 0 Å². The molecule has 2 aliphatic rings. The zero-order chi connectivity index (χ0) is 24.1. The number of nitrogens with one attached hydrogen (secondary N) is 1. The van der Waals surface area contributed by atoms with Crippen molar-refractivity contribution in [2.24, 2.45) is 11.3 Å². The third-order valence-electron chi connectivity index (χ3n) is 5.89. The summed E-state index contributed by atoms with van der Waals surface area (Å²) in [6.07, 6.45) is -5.20. The smallest absolute Gasteiger partial charge is 0.406 e. The van der Waals surface area contributed by atoms with Gasteiger partial charge in [0.05, 0.1) is 11.4 Å². The zero-order valence-corrected chi connectivity index (χ0v) is 18.4. The van der Waals surface area contributed by atoms with E-state index in [0.29, 0.717) is 30.4 Å². The second kappa shape index (κ2) is 8.16. The molecule has 0 unspecified atom stereocenters. The van der Waals surface area contributed by atoms with E-state index in [-0.39, 0.29) is 17.5 Å². The molecule has 3 atom stereocenters. The number of amides is 1. The Bertz CT molecular complexity index is 1050. The first-order valence-corrected chi connectivity index (χ1v) is 10.6. The van der Waals surface area contributed by atoms with Crippen molar-refractivity contribution in [2.75, 3.05) is 16.8 Å². The van der Waals surface area contributed by atoms with E-state index in [2.05, 4.69) is 15.0 Å². The maximum Gasteiger partial charge on any atom is 0.573 e. The van der Waals surface area contributed by atoms with Gasteiger partial charge < -0.3 is 20.1 Å². The SMILES string of the molecule is CC(C)(C)[C@@H](O)C(=O)Nc1nc2c(cc1F)N(Cc1ccc(OC(F)(F)F)cc1)C[C@@H]1C[C@H]21. The molecular formula is C23H25F4N3O3. The summed E-state index contributed by atoms with van der Waals surface area (Å²) >= 11 is 0. The maximum absolute atomic E-state index is 14.9. The molecule has 0 bridgehead atoms. The van der Waals surface area contributed by atoms with Gasteiger partial charge in [-0.25, -0.2) is 9.37 Å². The van der Waals surface area contributed by atoms with Gasteiger partial charge in [0.1, 0.15) is 11.9 Å². The molecule has 1 amide bonds. The lowest BCUT2D eigenvalue weighted by Crippen LogP contribution is -2.39. The number of benzene rings is 1. The van der Waals surface area contributed by atoms with Gasteiger partial charge in [-0.15, -0.1) is 13.2 Å². The average molecular weight is 467 g/mol. The van der Waals surface area contributed by atoms with Gasteiger partial charge in [-0.2, -0.15) is 0 Å². The Morgan fingerprint density at radius 3 is 2.55 bits per heavy atom. The monoisotopic (exact) mass is 467 g/mol. The Morgan fingerprint density at radius 1 is 1.27 bits per heavy atom. The third-order valence-corrected chi connectivity index (χ3v) is 5.89. The van der Waals surface area contributed by atoms with Crippen LogP contribution in [-0.2, 0) is 11.3 Å². The number of aliphatic hydroxyl groups excluding tert-OH is 1. The molecule has 4 rings (SSSR count). The number of hydrogen-bond acceptors (Lipinski definition) is 5. The lowest BCUT2D eigenvalue weighted by molar-refractivity contribution is -0.274. The number of rotatable bonds is 5. The standard InChI is InChI=1S/C23H25F4N3O3/c1-22(2,3)19(31)21(32)29-20-16(24)9-17-18(28-20)15-8-13(15)11-30(17)10-12-4-6-14(7-5-12)33-23(25,26)27/h4-7,9,13,15,19,31H,8,10-11H2,1-3H3,(H,28,29,32)/t13-,15-,19-/m0/s1. The molecule has 1 aliphatic heterocycles. The fourth-order valence-corrected chi connectivity index (χ4v) is 4.02. The molecule has 33 heavy (non-hydrogen) atoms. The number of anilines is 2. The van der Waals surface area contributed by atoms with Crippen LogP contribution in [0.3, 0.4) is 0 Å². The first-order chi connectivity index (χ1) is 15.3. The molecular weight excluding hydrogens is 442 g/mol. The summed E-state index contributed by atoms with van der Waals surface area (Å²) in [4.78, 5) is 18.7. The largest absolute Gasteiger partial charge is 0.573 e. The van der Waals surface area contributed by atoms with E-state index < -0.39 is 29.6 Å². The molecule has 0 saturated heterocycles. The molecule has 2 aromatic rings. The number of aromatic nitrogens is 1. The van der Waals surface area contributed by atoms with Crippen molar-refractivity contribution < 1.29 is 32.2 Å². The van der Waals surface area contributed by atoms with Crippen LogP contribution >= 0.6 is 0 Å². The van der Waals surface area contributed by atoms with Crippen LogP contribution in [0.4, 0.5) is 29.1 Å². The lowest BCUT2D eigenvalue weighted by Gasteiger charge is -2.31. The number of carbonyl (C=O) groups excluding carboxylic acids is 1. The highest BCUT2D eigenvalue weighted by molar-refractivity contribution is 5.94. The van der Waals surface area contributed by atoms with Crippen LogP contribution in [0.15, 0.2) is 30.3 Å². The number of aliphatic hydroxyl groups is 1. The van der Waals surface area contributed by atoms with Crippen molar-refractivity contribution in [2.45, 2.75) is 52.1 Å². The third kappa shape index (κ3) is 5.21. The molecule has 178 valence electrons. The highest BCUT2D eigenvalue weighted by Crippen LogP contribution is 2.54. The van der Waals surface area contributed by atoms with Gasteiger partial charge in [0.2, 0.25) is 0 Å². The summed E-state index contributed by atoms with van der Waals surface area (Å²) in [7, 11) is 0. The summed E-state index contributed by atoms with van der Waals surface area (Å²) in [5, 5.41) is 12.5. The van der Waals surface area contributed by atoms with Gasteiger partial charge in [0, 0.05) is 25.1 Å². The van der Waals surface area contributed by atoms with Gasteiger partial charge in [-0.3, -0.25) is 4.79 Å². The maximum atomic E-state index is 14.9. The van der Waals surface area contributed by atoms with Crippen molar-refractivity contribution in [1.82, 2.24) is 4.98 Å². The van der Waals surface area contributed by atoms with E-state index in [9.17, 15) is 27.5 Å².